The lowest BCUT2D eigenvalue weighted by molar-refractivity contribution is 0.602. The predicted octanol–water partition coefficient (Wildman–Crippen LogP) is 6.40. The average molecular weight is 360 g/mol. The van der Waals surface area contributed by atoms with Crippen LogP contribution in [0.15, 0.2) is 78.9 Å². The molecule has 2 nitrogen and oxygen atoms in total. The number of benzene rings is 4. The van der Waals surface area contributed by atoms with E-state index in [1.165, 1.54) is 44.5 Å². The number of fused-ring (bicyclic) bond motifs is 6. The van der Waals surface area contributed by atoms with E-state index >= 15 is 0 Å². The minimum absolute atomic E-state index is 0.330. The van der Waals surface area contributed by atoms with Gasteiger partial charge in [-0.2, -0.15) is 10.2 Å². The van der Waals surface area contributed by atoms with E-state index in [4.69, 9.17) is 0 Å². The molecule has 6 rings (SSSR count). The summed E-state index contributed by atoms with van der Waals surface area (Å²) in [6, 6.07) is 28.4. The molecule has 1 aliphatic rings. The lowest BCUT2D eigenvalue weighted by Crippen LogP contribution is -2.13. The van der Waals surface area contributed by atoms with E-state index in [0.29, 0.717) is 5.92 Å². The lowest BCUT2D eigenvalue weighted by atomic mass is 9.78. The van der Waals surface area contributed by atoms with Crippen molar-refractivity contribution in [2.24, 2.45) is 0 Å². The number of nitrogens with zero attached hydrogens (tertiary/aromatic N) is 2. The molecule has 0 saturated carbocycles. The van der Waals surface area contributed by atoms with Crippen LogP contribution in [0.25, 0.3) is 32.4 Å². The monoisotopic (exact) mass is 360 g/mol. The van der Waals surface area contributed by atoms with Gasteiger partial charge in [0.1, 0.15) is 0 Å². The van der Waals surface area contributed by atoms with Crippen LogP contribution in [0.4, 0.5) is 0 Å². The van der Waals surface area contributed by atoms with E-state index in [1.807, 2.05) is 12.1 Å². The molecule has 0 saturated heterocycles. The summed E-state index contributed by atoms with van der Waals surface area (Å²) in [7, 11) is 0. The summed E-state index contributed by atoms with van der Waals surface area (Å²) >= 11 is 0. The highest BCUT2D eigenvalue weighted by molar-refractivity contribution is 6.08. The van der Waals surface area contributed by atoms with Crippen molar-refractivity contribution in [1.82, 2.24) is 10.2 Å². The third-order valence-corrected chi connectivity index (χ3v) is 6.24. The van der Waals surface area contributed by atoms with Crippen molar-refractivity contribution in [2.45, 2.75) is 25.2 Å². The third-order valence-electron chi connectivity index (χ3n) is 6.24. The van der Waals surface area contributed by atoms with E-state index < -0.39 is 0 Å². The molecule has 2 heteroatoms. The maximum atomic E-state index is 4.61. The summed E-state index contributed by atoms with van der Waals surface area (Å²) in [5.74, 6) is 0.330. The van der Waals surface area contributed by atoms with Crippen LogP contribution in [0.3, 0.4) is 0 Å². The molecule has 1 unspecified atom stereocenters. The molecule has 0 radical (unpaired) electrons. The number of hydrogen-bond acceptors (Lipinski definition) is 2. The zero-order valence-corrected chi connectivity index (χ0v) is 15.6. The maximum absolute atomic E-state index is 4.61. The maximum Gasteiger partial charge on any atom is 0.0929 e. The molecule has 1 aromatic heterocycles. The van der Waals surface area contributed by atoms with Crippen molar-refractivity contribution < 1.29 is 0 Å². The SMILES string of the molecule is c1ccc2nnc(C3CCCc4c3ccc3c4ccc4ccccc43)cc2c1. The molecule has 0 N–H and O–H groups in total. The lowest BCUT2D eigenvalue weighted by Gasteiger charge is -2.26. The van der Waals surface area contributed by atoms with Gasteiger partial charge in [-0.15, -0.1) is 0 Å². The van der Waals surface area contributed by atoms with Crippen LogP contribution in [-0.2, 0) is 6.42 Å². The zero-order chi connectivity index (χ0) is 18.5. The first-order valence-corrected chi connectivity index (χ1v) is 10.0. The fraction of sp³-hybridized carbons (Fsp3) is 0.154. The molecule has 0 aliphatic heterocycles. The molecular formula is C26H20N2. The van der Waals surface area contributed by atoms with Crippen LogP contribution in [0, 0.1) is 0 Å². The average Bonchev–Trinajstić information content (AvgIpc) is 2.78. The quantitative estimate of drug-likeness (QED) is 0.323. The smallest absolute Gasteiger partial charge is 0.0929 e. The van der Waals surface area contributed by atoms with E-state index in [0.717, 1.165) is 24.1 Å². The molecule has 28 heavy (non-hydrogen) atoms. The number of aromatic nitrogens is 2. The fourth-order valence-electron chi connectivity index (χ4n) is 4.89. The zero-order valence-electron chi connectivity index (χ0n) is 15.6. The normalized spacial score (nSPS) is 16.5. The van der Waals surface area contributed by atoms with Crippen LogP contribution in [0.1, 0.15) is 35.6 Å². The van der Waals surface area contributed by atoms with Gasteiger partial charge in [0.05, 0.1) is 11.2 Å². The molecule has 0 bridgehead atoms. The van der Waals surface area contributed by atoms with Crippen molar-refractivity contribution in [1.29, 1.82) is 0 Å². The highest BCUT2D eigenvalue weighted by Crippen LogP contribution is 2.40. The summed E-state index contributed by atoms with van der Waals surface area (Å²) in [5.41, 5.74) is 4.99. The van der Waals surface area contributed by atoms with Crippen molar-refractivity contribution >= 4 is 32.4 Å². The van der Waals surface area contributed by atoms with Gasteiger partial charge in [0.15, 0.2) is 0 Å². The Hall–Kier alpha value is -3.26. The third kappa shape index (κ3) is 2.34. The second-order valence-electron chi connectivity index (χ2n) is 7.79. The van der Waals surface area contributed by atoms with Gasteiger partial charge in [-0.05, 0) is 64.1 Å². The molecule has 1 aliphatic carbocycles. The molecule has 0 fully saturated rings. The van der Waals surface area contributed by atoms with Crippen LogP contribution in [-0.4, -0.2) is 10.2 Å². The fourth-order valence-corrected chi connectivity index (χ4v) is 4.89. The molecule has 134 valence electrons. The first-order valence-electron chi connectivity index (χ1n) is 10.0. The number of aryl methyl sites for hydroxylation is 1. The van der Waals surface area contributed by atoms with Crippen molar-refractivity contribution in [3.05, 3.63) is 95.7 Å². The Kier molecular flexibility index (Phi) is 3.45. The van der Waals surface area contributed by atoms with E-state index in [-0.39, 0.29) is 0 Å². The van der Waals surface area contributed by atoms with Crippen molar-refractivity contribution in [3.63, 3.8) is 0 Å². The van der Waals surface area contributed by atoms with Crippen molar-refractivity contribution in [2.75, 3.05) is 0 Å². The van der Waals surface area contributed by atoms with Crippen LogP contribution >= 0.6 is 0 Å². The van der Waals surface area contributed by atoms with Crippen LogP contribution in [0.5, 0.6) is 0 Å². The van der Waals surface area contributed by atoms with Gasteiger partial charge < -0.3 is 0 Å². The van der Waals surface area contributed by atoms with Crippen LogP contribution in [0.2, 0.25) is 0 Å². The highest BCUT2D eigenvalue weighted by atomic mass is 15.1. The Morgan fingerprint density at radius 3 is 2.46 bits per heavy atom. The number of hydrogen-bond donors (Lipinski definition) is 0. The molecule has 1 heterocycles. The summed E-state index contributed by atoms with van der Waals surface area (Å²) in [6.07, 6.45) is 3.47. The van der Waals surface area contributed by atoms with E-state index in [9.17, 15) is 0 Å². The predicted molar refractivity (Wildman–Crippen MR) is 116 cm³/mol. The van der Waals surface area contributed by atoms with E-state index in [2.05, 4.69) is 76.9 Å². The van der Waals surface area contributed by atoms with Crippen LogP contribution < -0.4 is 0 Å². The minimum atomic E-state index is 0.330. The Balaban J connectivity index is 1.56. The summed E-state index contributed by atoms with van der Waals surface area (Å²) in [6.45, 7) is 0. The highest BCUT2D eigenvalue weighted by Gasteiger charge is 2.25. The number of rotatable bonds is 1. The Labute approximate surface area is 163 Å². The largest absolute Gasteiger partial charge is 0.154 e. The Bertz CT molecular complexity index is 1350. The Morgan fingerprint density at radius 2 is 1.50 bits per heavy atom. The van der Waals surface area contributed by atoms with Gasteiger partial charge >= 0.3 is 0 Å². The standard InChI is InChI=1S/C26H20N2/c1-3-8-19-17(6-1)12-13-22-20-9-5-10-24(23(20)15-14-21(19)22)26-16-18-7-2-4-11-25(18)27-28-26/h1-4,6-8,11-16,24H,5,9-10H2. The second kappa shape index (κ2) is 6.13. The second-order valence-corrected chi connectivity index (χ2v) is 7.79. The minimum Gasteiger partial charge on any atom is -0.154 e. The summed E-state index contributed by atoms with van der Waals surface area (Å²) < 4.78 is 0. The van der Waals surface area contributed by atoms with Gasteiger partial charge in [-0.3, -0.25) is 0 Å². The van der Waals surface area contributed by atoms with Crippen molar-refractivity contribution in [3.8, 4) is 0 Å². The van der Waals surface area contributed by atoms with Gasteiger partial charge in [-0.1, -0.05) is 66.7 Å². The first-order chi connectivity index (χ1) is 13.9. The van der Waals surface area contributed by atoms with Gasteiger partial charge in [0.2, 0.25) is 0 Å². The molecule has 0 amide bonds. The Morgan fingerprint density at radius 1 is 0.679 bits per heavy atom. The summed E-state index contributed by atoms with van der Waals surface area (Å²) in [5, 5.41) is 15.7. The van der Waals surface area contributed by atoms with E-state index in [1.54, 1.807) is 0 Å². The molecule has 5 aromatic rings. The van der Waals surface area contributed by atoms with Gasteiger partial charge in [0.25, 0.3) is 0 Å². The molecule has 1 atom stereocenters. The summed E-state index contributed by atoms with van der Waals surface area (Å²) in [4.78, 5) is 0. The molecule has 4 aromatic carbocycles. The molecule has 0 spiro atoms. The molecular weight excluding hydrogens is 340 g/mol. The topological polar surface area (TPSA) is 25.8 Å². The van der Waals surface area contributed by atoms with Gasteiger partial charge in [0, 0.05) is 11.3 Å². The van der Waals surface area contributed by atoms with Gasteiger partial charge in [-0.25, -0.2) is 0 Å². The first kappa shape index (κ1) is 15.8.